The maximum Gasteiger partial charge on any atom is 0.417 e. The third-order valence-electron chi connectivity index (χ3n) is 2.34. The molecule has 0 aliphatic rings. The van der Waals surface area contributed by atoms with Gasteiger partial charge in [-0.2, -0.15) is 0 Å². The van der Waals surface area contributed by atoms with E-state index in [2.05, 4.69) is 20.2 Å². The molecule has 7 heteroatoms. The van der Waals surface area contributed by atoms with Crippen LogP contribution in [0.25, 0.3) is 22.4 Å². The molecular formula is C10H7N5O2. The molecule has 2 heterocycles. The summed E-state index contributed by atoms with van der Waals surface area (Å²) >= 11 is 0. The van der Waals surface area contributed by atoms with Gasteiger partial charge in [0.1, 0.15) is 12.0 Å². The SMILES string of the molecule is Nc1ncnnc1-c1ccc2oc(=O)[nH]c2c1. The Balaban J connectivity index is 2.24. The highest BCUT2D eigenvalue weighted by molar-refractivity contribution is 5.81. The van der Waals surface area contributed by atoms with E-state index in [1.54, 1.807) is 18.2 Å². The van der Waals surface area contributed by atoms with Crippen molar-refractivity contribution < 1.29 is 4.42 Å². The van der Waals surface area contributed by atoms with Crippen LogP contribution in [-0.4, -0.2) is 20.2 Å². The van der Waals surface area contributed by atoms with Crippen molar-refractivity contribution in [3.8, 4) is 11.3 Å². The minimum absolute atomic E-state index is 0.283. The summed E-state index contributed by atoms with van der Waals surface area (Å²) in [6.45, 7) is 0. The van der Waals surface area contributed by atoms with Crippen LogP contribution in [0.4, 0.5) is 5.82 Å². The fraction of sp³-hybridized carbons (Fsp3) is 0. The van der Waals surface area contributed by atoms with Gasteiger partial charge in [0.2, 0.25) is 0 Å². The van der Waals surface area contributed by atoms with E-state index in [-0.39, 0.29) is 5.82 Å². The summed E-state index contributed by atoms with van der Waals surface area (Å²) < 4.78 is 4.89. The summed E-state index contributed by atoms with van der Waals surface area (Å²) in [6.07, 6.45) is 1.27. The molecule has 0 saturated carbocycles. The molecule has 0 radical (unpaired) electrons. The molecule has 0 amide bonds. The number of H-pyrrole nitrogens is 1. The number of hydrogen-bond acceptors (Lipinski definition) is 6. The lowest BCUT2D eigenvalue weighted by Crippen LogP contribution is -1.98. The molecule has 7 nitrogen and oxygen atoms in total. The second-order valence-electron chi connectivity index (χ2n) is 3.42. The molecule has 0 fully saturated rings. The van der Waals surface area contributed by atoms with Crippen molar-refractivity contribution in [1.29, 1.82) is 0 Å². The van der Waals surface area contributed by atoms with Crippen molar-refractivity contribution in [2.75, 3.05) is 5.73 Å². The van der Waals surface area contributed by atoms with Gasteiger partial charge in [-0.25, -0.2) is 9.78 Å². The lowest BCUT2D eigenvalue weighted by atomic mass is 10.1. The highest BCUT2D eigenvalue weighted by Gasteiger charge is 2.08. The number of nitrogens with two attached hydrogens (primary N) is 1. The Kier molecular flexibility index (Phi) is 1.91. The Labute approximate surface area is 94.3 Å². The zero-order chi connectivity index (χ0) is 11.8. The predicted octanol–water partition coefficient (Wildman–Crippen LogP) is 0.555. The maximum absolute atomic E-state index is 11.0. The normalized spacial score (nSPS) is 10.8. The monoisotopic (exact) mass is 229 g/mol. The van der Waals surface area contributed by atoms with Crippen molar-refractivity contribution in [2.24, 2.45) is 0 Å². The highest BCUT2D eigenvalue weighted by atomic mass is 16.4. The van der Waals surface area contributed by atoms with Crippen LogP contribution in [0.1, 0.15) is 0 Å². The molecule has 0 unspecified atom stereocenters. The van der Waals surface area contributed by atoms with Crippen LogP contribution in [0.3, 0.4) is 0 Å². The van der Waals surface area contributed by atoms with Crippen LogP contribution in [0, 0.1) is 0 Å². The fourth-order valence-corrected chi connectivity index (χ4v) is 1.59. The Bertz CT molecular complexity index is 746. The molecule has 2 aromatic heterocycles. The summed E-state index contributed by atoms with van der Waals surface area (Å²) in [5.41, 5.74) is 7.94. The minimum atomic E-state index is -0.498. The Hall–Kier alpha value is -2.70. The second kappa shape index (κ2) is 3.41. The van der Waals surface area contributed by atoms with Gasteiger partial charge in [-0.1, -0.05) is 0 Å². The van der Waals surface area contributed by atoms with E-state index in [1.165, 1.54) is 6.33 Å². The Morgan fingerprint density at radius 3 is 3.06 bits per heavy atom. The molecule has 17 heavy (non-hydrogen) atoms. The number of benzene rings is 1. The van der Waals surface area contributed by atoms with Crippen molar-refractivity contribution in [3.63, 3.8) is 0 Å². The standard InChI is InChI=1S/C10H7N5O2/c11-9-8(15-13-4-12-9)5-1-2-7-6(3-5)14-10(16)17-7/h1-4H,(H,14,16)(H2,11,12,13). The molecule has 84 valence electrons. The van der Waals surface area contributed by atoms with Crippen molar-refractivity contribution in [2.45, 2.75) is 0 Å². The molecule has 3 aromatic rings. The van der Waals surface area contributed by atoms with Crippen LogP contribution >= 0.6 is 0 Å². The molecule has 0 atom stereocenters. The molecule has 1 aromatic carbocycles. The number of anilines is 1. The van der Waals surface area contributed by atoms with E-state index >= 15 is 0 Å². The molecule has 0 aliphatic carbocycles. The first-order valence-corrected chi connectivity index (χ1v) is 4.80. The van der Waals surface area contributed by atoms with Crippen LogP contribution < -0.4 is 11.5 Å². The van der Waals surface area contributed by atoms with Crippen LogP contribution in [0.5, 0.6) is 0 Å². The van der Waals surface area contributed by atoms with Crippen LogP contribution in [0.2, 0.25) is 0 Å². The predicted molar refractivity (Wildman–Crippen MR) is 60.1 cm³/mol. The van der Waals surface area contributed by atoms with E-state index < -0.39 is 5.76 Å². The summed E-state index contributed by atoms with van der Waals surface area (Å²) in [5.74, 6) is -0.215. The largest absolute Gasteiger partial charge is 0.417 e. The van der Waals surface area contributed by atoms with Crippen molar-refractivity contribution in [1.82, 2.24) is 20.2 Å². The van der Waals surface area contributed by atoms with E-state index in [0.29, 0.717) is 22.4 Å². The van der Waals surface area contributed by atoms with Gasteiger partial charge in [-0.05, 0) is 18.2 Å². The van der Waals surface area contributed by atoms with Gasteiger partial charge in [-0.15, -0.1) is 10.2 Å². The average molecular weight is 229 g/mol. The number of rotatable bonds is 1. The third-order valence-corrected chi connectivity index (χ3v) is 2.34. The number of oxazole rings is 1. The fourth-order valence-electron chi connectivity index (χ4n) is 1.59. The molecular weight excluding hydrogens is 222 g/mol. The lowest BCUT2D eigenvalue weighted by Gasteiger charge is -2.01. The first-order chi connectivity index (χ1) is 8.24. The first kappa shape index (κ1) is 9.52. The summed E-state index contributed by atoms with van der Waals surface area (Å²) in [5, 5.41) is 7.57. The molecule has 0 bridgehead atoms. The van der Waals surface area contributed by atoms with Gasteiger partial charge >= 0.3 is 5.76 Å². The lowest BCUT2D eigenvalue weighted by molar-refractivity contribution is 0.555. The van der Waals surface area contributed by atoms with E-state index in [0.717, 1.165) is 0 Å². The summed E-state index contributed by atoms with van der Waals surface area (Å²) in [6, 6.07) is 5.11. The smallest absolute Gasteiger partial charge is 0.408 e. The molecule has 3 rings (SSSR count). The van der Waals surface area contributed by atoms with Gasteiger partial charge < -0.3 is 10.2 Å². The average Bonchev–Trinajstić information content (AvgIpc) is 2.68. The second-order valence-corrected chi connectivity index (χ2v) is 3.42. The number of nitrogens with zero attached hydrogens (tertiary/aromatic N) is 3. The topological polar surface area (TPSA) is 111 Å². The quantitative estimate of drug-likeness (QED) is 0.630. The van der Waals surface area contributed by atoms with Gasteiger partial charge in [0.15, 0.2) is 11.4 Å². The van der Waals surface area contributed by atoms with Gasteiger partial charge in [-0.3, -0.25) is 4.98 Å². The van der Waals surface area contributed by atoms with Crippen molar-refractivity contribution >= 4 is 16.9 Å². The summed E-state index contributed by atoms with van der Waals surface area (Å²) in [4.78, 5) is 17.4. The van der Waals surface area contributed by atoms with Gasteiger partial charge in [0, 0.05) is 5.56 Å². The number of aromatic nitrogens is 4. The molecule has 0 saturated heterocycles. The number of hydrogen-bond donors (Lipinski definition) is 2. The molecule has 3 N–H and O–H groups in total. The highest BCUT2D eigenvalue weighted by Crippen LogP contribution is 2.23. The first-order valence-electron chi connectivity index (χ1n) is 4.80. The minimum Gasteiger partial charge on any atom is -0.408 e. The Morgan fingerprint density at radius 2 is 2.24 bits per heavy atom. The van der Waals surface area contributed by atoms with E-state index in [4.69, 9.17) is 10.2 Å². The zero-order valence-corrected chi connectivity index (χ0v) is 8.54. The van der Waals surface area contributed by atoms with Crippen LogP contribution in [-0.2, 0) is 0 Å². The zero-order valence-electron chi connectivity index (χ0n) is 8.54. The molecule has 0 spiro atoms. The summed E-state index contributed by atoms with van der Waals surface area (Å²) in [7, 11) is 0. The number of nitrogen functional groups attached to an aromatic ring is 1. The maximum atomic E-state index is 11.0. The van der Waals surface area contributed by atoms with Gasteiger partial charge in [0.25, 0.3) is 0 Å². The molecule has 0 aliphatic heterocycles. The van der Waals surface area contributed by atoms with Crippen LogP contribution in [0.15, 0.2) is 33.7 Å². The number of aromatic amines is 1. The van der Waals surface area contributed by atoms with Crippen molar-refractivity contribution in [3.05, 3.63) is 35.1 Å². The number of fused-ring (bicyclic) bond motifs is 1. The third kappa shape index (κ3) is 1.53. The number of nitrogens with one attached hydrogen (secondary N) is 1. The van der Waals surface area contributed by atoms with Gasteiger partial charge in [0.05, 0.1) is 5.52 Å². The van der Waals surface area contributed by atoms with E-state index in [9.17, 15) is 4.79 Å². The van der Waals surface area contributed by atoms with E-state index in [1.807, 2.05) is 0 Å². The Morgan fingerprint density at radius 1 is 1.35 bits per heavy atom.